The minimum absolute atomic E-state index is 0.0905. The van der Waals surface area contributed by atoms with E-state index < -0.39 is 0 Å². The van der Waals surface area contributed by atoms with E-state index in [1.54, 1.807) is 11.3 Å². The molecule has 1 N–H and O–H groups in total. The summed E-state index contributed by atoms with van der Waals surface area (Å²) in [4.78, 5) is 4.74. The fourth-order valence-electron chi connectivity index (χ4n) is 2.84. The molecule has 1 heterocycles. The number of thiazole rings is 1. The van der Waals surface area contributed by atoms with Crippen molar-refractivity contribution in [3.05, 3.63) is 40.7 Å². The van der Waals surface area contributed by atoms with Crippen LogP contribution < -0.4 is 0 Å². The summed E-state index contributed by atoms with van der Waals surface area (Å²) in [6.45, 7) is 0. The standard InChI is InChI=1S/C16H19NOS/c18-14-8-4-5-12(9-14)10-16-17-15(11-19-16)13-6-2-1-3-7-13/h1-3,6-7,11-12,14,18H,4-5,8-10H2. The van der Waals surface area contributed by atoms with Gasteiger partial charge in [-0.05, 0) is 25.2 Å². The average molecular weight is 273 g/mol. The van der Waals surface area contributed by atoms with Gasteiger partial charge in [-0.2, -0.15) is 0 Å². The van der Waals surface area contributed by atoms with Gasteiger partial charge in [0.25, 0.3) is 0 Å². The number of benzene rings is 1. The Balaban J connectivity index is 1.68. The first-order chi connectivity index (χ1) is 9.31. The van der Waals surface area contributed by atoms with Crippen molar-refractivity contribution in [1.29, 1.82) is 0 Å². The molecule has 1 aliphatic carbocycles. The van der Waals surface area contributed by atoms with Crippen molar-refractivity contribution in [2.75, 3.05) is 0 Å². The first-order valence-electron chi connectivity index (χ1n) is 6.99. The zero-order valence-corrected chi connectivity index (χ0v) is 11.8. The predicted molar refractivity (Wildman–Crippen MR) is 79.2 cm³/mol. The second-order valence-corrected chi connectivity index (χ2v) is 6.33. The van der Waals surface area contributed by atoms with E-state index in [-0.39, 0.29) is 6.10 Å². The van der Waals surface area contributed by atoms with Gasteiger partial charge in [0.15, 0.2) is 0 Å². The van der Waals surface area contributed by atoms with Crippen LogP contribution in [0.4, 0.5) is 0 Å². The fourth-order valence-corrected chi connectivity index (χ4v) is 3.76. The molecule has 1 fully saturated rings. The molecule has 0 spiro atoms. The van der Waals surface area contributed by atoms with Gasteiger partial charge in [0.2, 0.25) is 0 Å². The van der Waals surface area contributed by atoms with E-state index in [2.05, 4.69) is 17.5 Å². The third-order valence-electron chi connectivity index (χ3n) is 3.84. The number of rotatable bonds is 3. The summed E-state index contributed by atoms with van der Waals surface area (Å²) in [6, 6.07) is 10.3. The maximum Gasteiger partial charge on any atom is 0.0935 e. The summed E-state index contributed by atoms with van der Waals surface area (Å²) in [7, 11) is 0. The van der Waals surface area contributed by atoms with Crippen molar-refractivity contribution in [2.24, 2.45) is 5.92 Å². The molecule has 0 amide bonds. The molecule has 1 saturated carbocycles. The number of hydrogen-bond acceptors (Lipinski definition) is 3. The van der Waals surface area contributed by atoms with Crippen LogP contribution in [0, 0.1) is 5.92 Å². The Morgan fingerprint density at radius 1 is 1.21 bits per heavy atom. The smallest absolute Gasteiger partial charge is 0.0935 e. The fraction of sp³-hybridized carbons (Fsp3) is 0.438. The van der Waals surface area contributed by atoms with Crippen LogP contribution >= 0.6 is 11.3 Å². The number of aliphatic hydroxyl groups is 1. The van der Waals surface area contributed by atoms with Crippen LogP contribution in [0.3, 0.4) is 0 Å². The maximum atomic E-state index is 9.72. The van der Waals surface area contributed by atoms with Crippen LogP contribution in [0.5, 0.6) is 0 Å². The maximum absolute atomic E-state index is 9.72. The van der Waals surface area contributed by atoms with E-state index in [9.17, 15) is 5.11 Å². The van der Waals surface area contributed by atoms with Crippen LogP contribution in [-0.2, 0) is 6.42 Å². The first kappa shape index (κ1) is 12.8. The Kier molecular flexibility index (Phi) is 3.95. The minimum Gasteiger partial charge on any atom is -0.393 e. The highest BCUT2D eigenvalue weighted by Crippen LogP contribution is 2.29. The van der Waals surface area contributed by atoms with Gasteiger partial charge in [0.05, 0.1) is 16.8 Å². The molecule has 0 aliphatic heterocycles. The second kappa shape index (κ2) is 5.85. The molecule has 2 nitrogen and oxygen atoms in total. The molecule has 0 bridgehead atoms. The van der Waals surface area contributed by atoms with Gasteiger partial charge in [-0.3, -0.25) is 0 Å². The summed E-state index contributed by atoms with van der Waals surface area (Å²) in [5.74, 6) is 0.610. The highest BCUT2D eigenvalue weighted by Gasteiger charge is 2.21. The lowest BCUT2D eigenvalue weighted by Crippen LogP contribution is -2.20. The number of aliphatic hydroxyl groups excluding tert-OH is 1. The van der Waals surface area contributed by atoms with Crippen LogP contribution in [0.1, 0.15) is 30.7 Å². The van der Waals surface area contributed by atoms with Gasteiger partial charge in [-0.15, -0.1) is 11.3 Å². The Morgan fingerprint density at radius 2 is 2.05 bits per heavy atom. The summed E-state index contributed by atoms with van der Waals surface area (Å²) in [6.07, 6.45) is 5.24. The summed E-state index contributed by atoms with van der Waals surface area (Å²) in [5, 5.41) is 13.1. The normalized spacial score (nSPS) is 23.4. The van der Waals surface area contributed by atoms with Crippen molar-refractivity contribution in [2.45, 2.75) is 38.2 Å². The minimum atomic E-state index is -0.0905. The highest BCUT2D eigenvalue weighted by molar-refractivity contribution is 7.09. The predicted octanol–water partition coefficient (Wildman–Crippen LogP) is 3.90. The van der Waals surface area contributed by atoms with E-state index in [1.807, 2.05) is 18.2 Å². The van der Waals surface area contributed by atoms with Crippen LogP contribution in [0.25, 0.3) is 11.3 Å². The molecular formula is C16H19NOS. The van der Waals surface area contributed by atoms with Crippen molar-refractivity contribution in [1.82, 2.24) is 4.98 Å². The zero-order chi connectivity index (χ0) is 13.1. The van der Waals surface area contributed by atoms with Gasteiger partial charge in [0.1, 0.15) is 0 Å². The number of nitrogens with zero attached hydrogens (tertiary/aromatic N) is 1. The van der Waals surface area contributed by atoms with Gasteiger partial charge in [0, 0.05) is 17.4 Å². The Bertz CT molecular complexity index is 523. The molecule has 0 radical (unpaired) electrons. The van der Waals surface area contributed by atoms with Crippen molar-refractivity contribution in [3.8, 4) is 11.3 Å². The van der Waals surface area contributed by atoms with Gasteiger partial charge >= 0.3 is 0 Å². The van der Waals surface area contributed by atoms with Gasteiger partial charge in [-0.1, -0.05) is 36.8 Å². The molecule has 3 rings (SSSR count). The van der Waals surface area contributed by atoms with Gasteiger partial charge < -0.3 is 5.11 Å². The molecule has 1 aromatic heterocycles. The number of hydrogen-bond donors (Lipinski definition) is 1. The molecule has 2 atom stereocenters. The van der Waals surface area contributed by atoms with Crippen LogP contribution in [-0.4, -0.2) is 16.2 Å². The number of aromatic nitrogens is 1. The molecule has 0 saturated heterocycles. The lowest BCUT2D eigenvalue weighted by atomic mass is 9.85. The van der Waals surface area contributed by atoms with E-state index in [4.69, 9.17) is 4.98 Å². The van der Waals surface area contributed by atoms with Crippen molar-refractivity contribution < 1.29 is 5.11 Å². The van der Waals surface area contributed by atoms with Crippen LogP contribution in [0.15, 0.2) is 35.7 Å². The molecule has 19 heavy (non-hydrogen) atoms. The lowest BCUT2D eigenvalue weighted by molar-refractivity contribution is 0.101. The Morgan fingerprint density at radius 3 is 2.84 bits per heavy atom. The van der Waals surface area contributed by atoms with E-state index in [1.165, 1.54) is 17.0 Å². The monoisotopic (exact) mass is 273 g/mol. The topological polar surface area (TPSA) is 33.1 Å². The third kappa shape index (κ3) is 3.23. The van der Waals surface area contributed by atoms with Crippen molar-refractivity contribution >= 4 is 11.3 Å². The molecule has 1 aromatic carbocycles. The second-order valence-electron chi connectivity index (χ2n) is 5.38. The molecular weight excluding hydrogens is 254 g/mol. The summed E-state index contributed by atoms with van der Waals surface area (Å²) >= 11 is 1.75. The molecule has 2 aromatic rings. The van der Waals surface area contributed by atoms with E-state index in [0.29, 0.717) is 5.92 Å². The SMILES string of the molecule is OC1CCCC(Cc2nc(-c3ccccc3)cs2)C1. The lowest BCUT2D eigenvalue weighted by Gasteiger charge is -2.24. The quantitative estimate of drug-likeness (QED) is 0.920. The first-order valence-corrected chi connectivity index (χ1v) is 7.87. The molecule has 100 valence electrons. The molecule has 1 aliphatic rings. The molecule has 3 heteroatoms. The third-order valence-corrected chi connectivity index (χ3v) is 4.71. The summed E-state index contributed by atoms with van der Waals surface area (Å²) in [5.41, 5.74) is 2.27. The Hall–Kier alpha value is -1.19. The molecule has 2 unspecified atom stereocenters. The largest absolute Gasteiger partial charge is 0.393 e. The van der Waals surface area contributed by atoms with Crippen LogP contribution in [0.2, 0.25) is 0 Å². The Labute approximate surface area is 118 Å². The average Bonchev–Trinajstić information content (AvgIpc) is 2.88. The summed E-state index contributed by atoms with van der Waals surface area (Å²) < 4.78 is 0. The van der Waals surface area contributed by atoms with E-state index in [0.717, 1.165) is 31.4 Å². The van der Waals surface area contributed by atoms with E-state index >= 15 is 0 Å². The zero-order valence-electron chi connectivity index (χ0n) is 11.0. The van der Waals surface area contributed by atoms with Crippen molar-refractivity contribution in [3.63, 3.8) is 0 Å². The van der Waals surface area contributed by atoms with Gasteiger partial charge in [-0.25, -0.2) is 4.98 Å². The highest BCUT2D eigenvalue weighted by atomic mass is 32.1.